The number of furan rings is 1. The van der Waals surface area contributed by atoms with Gasteiger partial charge in [0, 0.05) is 24.5 Å². The second kappa shape index (κ2) is 7.74. The number of thiophene rings is 1. The fraction of sp³-hybridized carbons (Fsp3) is 0.333. The Morgan fingerprint density at radius 2 is 2.19 bits per heavy atom. The van der Waals surface area contributed by atoms with Crippen LogP contribution in [0.15, 0.2) is 44.7 Å². The fourth-order valence-electron chi connectivity index (χ4n) is 2.99. The normalized spacial score (nSPS) is 16.3. The number of anilines is 1. The minimum absolute atomic E-state index is 0.183. The third kappa shape index (κ3) is 3.51. The number of rotatable bonds is 6. The van der Waals surface area contributed by atoms with E-state index in [1.165, 1.54) is 4.88 Å². The zero-order valence-corrected chi connectivity index (χ0v) is 14.9. The molecule has 3 aromatic heterocycles. The number of ether oxygens (including phenoxy) is 1. The monoisotopic (exact) mass is 370 g/mol. The number of morpholine rings is 1. The van der Waals surface area contributed by atoms with E-state index in [1.54, 1.807) is 29.7 Å². The lowest BCUT2D eigenvalue weighted by molar-refractivity contribution is 0.0193. The first kappa shape index (κ1) is 16.8. The zero-order valence-electron chi connectivity index (χ0n) is 14.1. The molecule has 4 heterocycles. The molecular formula is C18H18N4O3S. The van der Waals surface area contributed by atoms with Crippen LogP contribution in [-0.4, -0.2) is 42.7 Å². The topological polar surface area (TPSA) is 87.5 Å². The molecule has 0 amide bonds. The number of aromatic nitrogens is 1. The van der Waals surface area contributed by atoms with E-state index in [0.29, 0.717) is 24.1 Å². The van der Waals surface area contributed by atoms with Gasteiger partial charge in [0.15, 0.2) is 5.76 Å². The van der Waals surface area contributed by atoms with Gasteiger partial charge in [0.2, 0.25) is 11.6 Å². The second-order valence-corrected chi connectivity index (χ2v) is 6.83. The summed E-state index contributed by atoms with van der Waals surface area (Å²) in [6.07, 6.45) is 1.55. The smallest absolute Gasteiger partial charge is 0.266 e. The van der Waals surface area contributed by atoms with Gasteiger partial charge in [0.25, 0.3) is 5.89 Å². The molecule has 7 nitrogen and oxygen atoms in total. The summed E-state index contributed by atoms with van der Waals surface area (Å²) >= 11 is 1.72. The van der Waals surface area contributed by atoms with Crippen LogP contribution in [0.5, 0.6) is 0 Å². The van der Waals surface area contributed by atoms with E-state index in [2.05, 4.69) is 38.8 Å². The summed E-state index contributed by atoms with van der Waals surface area (Å²) < 4.78 is 16.5. The van der Waals surface area contributed by atoms with Gasteiger partial charge in [0.05, 0.1) is 25.5 Å². The van der Waals surface area contributed by atoms with Crippen molar-refractivity contribution in [3.05, 3.63) is 46.5 Å². The van der Waals surface area contributed by atoms with Gasteiger partial charge < -0.3 is 18.9 Å². The highest BCUT2D eigenvalue weighted by Crippen LogP contribution is 2.29. The fourth-order valence-corrected chi connectivity index (χ4v) is 3.85. The minimum Gasteiger partial charge on any atom is -0.459 e. The molecule has 26 heavy (non-hydrogen) atoms. The van der Waals surface area contributed by atoms with Gasteiger partial charge in [0.1, 0.15) is 6.07 Å². The van der Waals surface area contributed by atoms with Crippen molar-refractivity contribution in [1.82, 2.24) is 9.88 Å². The van der Waals surface area contributed by atoms with Crippen molar-refractivity contribution in [2.75, 3.05) is 38.2 Å². The van der Waals surface area contributed by atoms with E-state index < -0.39 is 0 Å². The van der Waals surface area contributed by atoms with Crippen LogP contribution in [0.25, 0.3) is 11.7 Å². The number of hydrogen-bond acceptors (Lipinski definition) is 8. The molecule has 0 bridgehead atoms. The van der Waals surface area contributed by atoms with E-state index >= 15 is 0 Å². The average Bonchev–Trinajstić information content (AvgIpc) is 3.44. The van der Waals surface area contributed by atoms with Gasteiger partial charge in [-0.3, -0.25) is 4.90 Å². The van der Waals surface area contributed by atoms with Gasteiger partial charge >= 0.3 is 0 Å². The summed E-state index contributed by atoms with van der Waals surface area (Å²) in [7, 11) is 0. The molecule has 0 aromatic carbocycles. The third-order valence-corrected chi connectivity index (χ3v) is 5.25. The second-order valence-electron chi connectivity index (χ2n) is 5.85. The molecule has 0 aliphatic carbocycles. The van der Waals surface area contributed by atoms with Crippen molar-refractivity contribution in [2.45, 2.75) is 6.04 Å². The van der Waals surface area contributed by atoms with Gasteiger partial charge in [-0.25, -0.2) is 0 Å². The molecule has 3 aromatic rings. The Morgan fingerprint density at radius 3 is 2.88 bits per heavy atom. The average molecular weight is 370 g/mol. The predicted molar refractivity (Wildman–Crippen MR) is 96.9 cm³/mol. The molecule has 1 atom stereocenters. The number of oxazole rings is 1. The van der Waals surface area contributed by atoms with Crippen molar-refractivity contribution in [3.63, 3.8) is 0 Å². The van der Waals surface area contributed by atoms with E-state index in [-0.39, 0.29) is 11.7 Å². The van der Waals surface area contributed by atoms with E-state index in [1.807, 2.05) is 0 Å². The van der Waals surface area contributed by atoms with E-state index in [4.69, 9.17) is 13.6 Å². The lowest BCUT2D eigenvalue weighted by Gasteiger charge is -2.34. The molecule has 8 heteroatoms. The summed E-state index contributed by atoms with van der Waals surface area (Å²) in [4.78, 5) is 7.86. The van der Waals surface area contributed by atoms with Gasteiger partial charge in [-0.2, -0.15) is 10.2 Å². The highest BCUT2D eigenvalue weighted by Gasteiger charge is 2.25. The quantitative estimate of drug-likeness (QED) is 0.712. The molecule has 134 valence electrons. The van der Waals surface area contributed by atoms with Crippen molar-refractivity contribution >= 4 is 17.2 Å². The molecule has 1 saturated heterocycles. The Balaban J connectivity index is 1.53. The van der Waals surface area contributed by atoms with Gasteiger partial charge in [-0.15, -0.1) is 11.3 Å². The Hall–Kier alpha value is -2.60. The summed E-state index contributed by atoms with van der Waals surface area (Å²) in [6, 6.07) is 9.95. The van der Waals surface area contributed by atoms with Crippen molar-refractivity contribution in [2.24, 2.45) is 0 Å². The first-order valence-corrected chi connectivity index (χ1v) is 9.27. The summed E-state index contributed by atoms with van der Waals surface area (Å²) in [6.45, 7) is 3.83. The van der Waals surface area contributed by atoms with Crippen LogP contribution in [0.3, 0.4) is 0 Å². The van der Waals surface area contributed by atoms with Crippen molar-refractivity contribution in [3.8, 4) is 17.7 Å². The lowest BCUT2D eigenvalue weighted by Crippen LogP contribution is -2.41. The van der Waals surface area contributed by atoms with E-state index in [0.717, 1.165) is 26.3 Å². The maximum absolute atomic E-state index is 9.36. The summed E-state index contributed by atoms with van der Waals surface area (Å²) in [5.74, 6) is 1.17. The van der Waals surface area contributed by atoms with Crippen LogP contribution in [0.2, 0.25) is 0 Å². The van der Waals surface area contributed by atoms with Crippen LogP contribution in [0.1, 0.15) is 16.6 Å². The van der Waals surface area contributed by atoms with Gasteiger partial charge in [-0.1, -0.05) is 6.07 Å². The predicted octanol–water partition coefficient (Wildman–Crippen LogP) is 3.35. The maximum Gasteiger partial charge on any atom is 0.266 e. The summed E-state index contributed by atoms with van der Waals surface area (Å²) in [5.41, 5.74) is 0.225. The number of nitrogens with zero attached hydrogens (tertiary/aromatic N) is 3. The molecule has 0 radical (unpaired) electrons. The number of nitrogens with one attached hydrogen (secondary N) is 1. The molecule has 0 saturated carbocycles. The van der Waals surface area contributed by atoms with Crippen molar-refractivity contribution < 1.29 is 13.6 Å². The maximum atomic E-state index is 9.36. The Kier molecular flexibility index (Phi) is 5.02. The standard InChI is InChI=1S/C18H18N4O3S/c19-11-13-17(25-18(21-13)15-3-1-7-24-15)20-12-14(16-4-2-10-26-16)22-5-8-23-9-6-22/h1-4,7,10,14,20H,5-6,8-9,12H2/t14-/m0/s1. The highest BCUT2D eigenvalue weighted by molar-refractivity contribution is 7.10. The molecule has 1 aliphatic heterocycles. The summed E-state index contributed by atoms with van der Waals surface area (Å²) in [5, 5.41) is 14.7. The Bertz CT molecular complexity index is 861. The molecule has 0 spiro atoms. The largest absolute Gasteiger partial charge is 0.459 e. The van der Waals surface area contributed by atoms with Gasteiger partial charge in [-0.05, 0) is 23.6 Å². The van der Waals surface area contributed by atoms with Crippen LogP contribution in [0.4, 0.5) is 5.88 Å². The molecule has 1 fully saturated rings. The van der Waals surface area contributed by atoms with Crippen LogP contribution in [-0.2, 0) is 4.74 Å². The molecule has 4 rings (SSSR count). The van der Waals surface area contributed by atoms with Crippen LogP contribution in [0, 0.1) is 11.3 Å². The Labute approximate surface area is 154 Å². The third-order valence-electron chi connectivity index (χ3n) is 4.28. The van der Waals surface area contributed by atoms with Crippen LogP contribution >= 0.6 is 11.3 Å². The lowest BCUT2D eigenvalue weighted by atomic mass is 10.2. The first-order valence-electron chi connectivity index (χ1n) is 8.39. The zero-order chi connectivity index (χ0) is 17.8. The first-order chi connectivity index (χ1) is 12.8. The number of hydrogen-bond donors (Lipinski definition) is 1. The molecule has 1 N–H and O–H groups in total. The molecule has 0 unspecified atom stereocenters. The van der Waals surface area contributed by atoms with Crippen LogP contribution < -0.4 is 5.32 Å². The SMILES string of the molecule is N#Cc1nc(-c2ccco2)oc1NC[C@@H](c1cccs1)N1CCOCC1. The highest BCUT2D eigenvalue weighted by atomic mass is 32.1. The minimum atomic E-state index is 0.183. The number of nitriles is 1. The Morgan fingerprint density at radius 1 is 1.31 bits per heavy atom. The van der Waals surface area contributed by atoms with E-state index in [9.17, 15) is 5.26 Å². The molecule has 1 aliphatic rings. The molecular weight excluding hydrogens is 352 g/mol. The van der Waals surface area contributed by atoms with Crippen molar-refractivity contribution in [1.29, 1.82) is 5.26 Å².